The predicted molar refractivity (Wildman–Crippen MR) is 92.7 cm³/mol. The Morgan fingerprint density at radius 1 is 1.21 bits per heavy atom. The highest BCUT2D eigenvalue weighted by molar-refractivity contribution is 5.19. The first kappa shape index (κ1) is 17.1. The van der Waals surface area contributed by atoms with E-state index in [0.717, 1.165) is 31.9 Å². The zero-order valence-corrected chi connectivity index (χ0v) is 14.7. The Balaban J connectivity index is 1.72. The van der Waals surface area contributed by atoms with Crippen LogP contribution >= 0.6 is 0 Å². The number of nitrogens with zero attached hydrogens (tertiary/aromatic N) is 2. The van der Waals surface area contributed by atoms with Gasteiger partial charge in [-0.15, -0.1) is 0 Å². The van der Waals surface area contributed by atoms with Gasteiger partial charge in [-0.1, -0.05) is 49.3 Å². The summed E-state index contributed by atoms with van der Waals surface area (Å²) in [5, 5.41) is 7.75. The number of hydrogen-bond donors (Lipinski definition) is 1. The molecule has 0 amide bonds. The van der Waals surface area contributed by atoms with Crippen molar-refractivity contribution in [2.24, 2.45) is 5.92 Å². The summed E-state index contributed by atoms with van der Waals surface area (Å²) in [5.41, 5.74) is 1.29. The summed E-state index contributed by atoms with van der Waals surface area (Å²) in [6.07, 6.45) is 2.19. The summed E-state index contributed by atoms with van der Waals surface area (Å²) in [7, 11) is 0. The number of aromatic nitrogens is 2. The minimum atomic E-state index is 0.0116. The van der Waals surface area contributed by atoms with E-state index in [1.165, 1.54) is 5.56 Å². The topological polar surface area (TPSA) is 60.2 Å². The van der Waals surface area contributed by atoms with E-state index in [1.54, 1.807) is 0 Å². The van der Waals surface area contributed by atoms with E-state index in [9.17, 15) is 0 Å². The maximum absolute atomic E-state index is 5.54. The summed E-state index contributed by atoms with van der Waals surface area (Å²) in [5.74, 6) is 2.29. The molecule has 2 heterocycles. The van der Waals surface area contributed by atoms with Gasteiger partial charge >= 0.3 is 0 Å². The van der Waals surface area contributed by atoms with E-state index in [1.807, 2.05) is 0 Å². The van der Waals surface area contributed by atoms with Gasteiger partial charge in [0.2, 0.25) is 5.89 Å². The van der Waals surface area contributed by atoms with Gasteiger partial charge in [0.25, 0.3) is 0 Å². The van der Waals surface area contributed by atoms with Crippen molar-refractivity contribution in [1.29, 1.82) is 0 Å². The highest BCUT2D eigenvalue weighted by Crippen LogP contribution is 2.29. The second-order valence-corrected chi connectivity index (χ2v) is 6.96. The first-order valence-corrected chi connectivity index (χ1v) is 8.85. The molecule has 1 aromatic heterocycles. The molecule has 0 spiro atoms. The van der Waals surface area contributed by atoms with Crippen LogP contribution in [0.1, 0.15) is 68.9 Å². The molecule has 1 N–H and O–H groups in total. The fourth-order valence-corrected chi connectivity index (χ4v) is 3.12. The third-order valence-corrected chi connectivity index (χ3v) is 4.59. The van der Waals surface area contributed by atoms with Crippen LogP contribution in [0.5, 0.6) is 0 Å². The molecule has 0 radical (unpaired) electrons. The van der Waals surface area contributed by atoms with Gasteiger partial charge < -0.3 is 9.26 Å². The van der Waals surface area contributed by atoms with Gasteiger partial charge in [0.15, 0.2) is 5.82 Å². The summed E-state index contributed by atoms with van der Waals surface area (Å²) in [6.45, 7) is 7.96. The third-order valence-electron chi connectivity index (χ3n) is 4.59. The molecule has 0 saturated carbocycles. The van der Waals surface area contributed by atoms with E-state index in [-0.39, 0.29) is 18.0 Å². The lowest BCUT2D eigenvalue weighted by molar-refractivity contribution is 0.180. The van der Waals surface area contributed by atoms with E-state index in [4.69, 9.17) is 9.26 Å². The molecular formula is C19H27N3O2. The Labute approximate surface area is 143 Å². The van der Waals surface area contributed by atoms with Gasteiger partial charge in [-0.2, -0.15) is 4.98 Å². The van der Waals surface area contributed by atoms with Gasteiger partial charge in [-0.05, 0) is 31.2 Å². The molecule has 1 fully saturated rings. The average molecular weight is 329 g/mol. The molecule has 3 rings (SSSR count). The number of benzene rings is 1. The van der Waals surface area contributed by atoms with Crippen LogP contribution in [0.4, 0.5) is 0 Å². The molecule has 0 bridgehead atoms. The Morgan fingerprint density at radius 2 is 2.00 bits per heavy atom. The fraction of sp³-hybridized carbons (Fsp3) is 0.579. The van der Waals surface area contributed by atoms with Crippen molar-refractivity contribution in [2.75, 3.05) is 13.2 Å². The number of hydrogen-bond acceptors (Lipinski definition) is 5. The van der Waals surface area contributed by atoms with Crippen molar-refractivity contribution in [3.63, 3.8) is 0 Å². The van der Waals surface area contributed by atoms with Gasteiger partial charge in [0, 0.05) is 25.2 Å². The molecule has 130 valence electrons. The van der Waals surface area contributed by atoms with Crippen molar-refractivity contribution in [1.82, 2.24) is 15.5 Å². The smallest absolute Gasteiger partial charge is 0.243 e. The third kappa shape index (κ3) is 4.22. The molecule has 1 saturated heterocycles. The summed E-state index contributed by atoms with van der Waals surface area (Å²) in [6, 6.07) is 10.8. The molecule has 2 aromatic rings. The summed E-state index contributed by atoms with van der Waals surface area (Å²) >= 11 is 0. The Hall–Kier alpha value is -1.72. The summed E-state index contributed by atoms with van der Waals surface area (Å²) in [4.78, 5) is 4.52. The van der Waals surface area contributed by atoms with E-state index < -0.39 is 0 Å². The zero-order valence-electron chi connectivity index (χ0n) is 14.7. The van der Waals surface area contributed by atoms with Crippen molar-refractivity contribution >= 4 is 0 Å². The van der Waals surface area contributed by atoms with Crippen LogP contribution in [-0.2, 0) is 4.74 Å². The summed E-state index contributed by atoms with van der Waals surface area (Å²) < 4.78 is 11.0. The highest BCUT2D eigenvalue weighted by atomic mass is 16.5. The van der Waals surface area contributed by atoms with E-state index in [0.29, 0.717) is 11.8 Å². The molecule has 3 atom stereocenters. The average Bonchev–Trinajstić information content (AvgIpc) is 3.26. The van der Waals surface area contributed by atoms with E-state index >= 15 is 0 Å². The largest absolute Gasteiger partial charge is 0.381 e. The van der Waals surface area contributed by atoms with Crippen LogP contribution in [0.15, 0.2) is 34.9 Å². The van der Waals surface area contributed by atoms with Crippen LogP contribution in [0.2, 0.25) is 0 Å². The van der Waals surface area contributed by atoms with Crippen molar-refractivity contribution in [3.8, 4) is 0 Å². The number of nitrogens with one attached hydrogen (secondary N) is 1. The molecule has 1 aromatic carbocycles. The zero-order chi connectivity index (χ0) is 16.9. The first-order chi connectivity index (χ1) is 11.6. The van der Waals surface area contributed by atoms with Crippen LogP contribution < -0.4 is 5.32 Å². The van der Waals surface area contributed by atoms with Crippen LogP contribution in [-0.4, -0.2) is 23.4 Å². The lowest BCUT2D eigenvalue weighted by atomic mass is 9.93. The maximum atomic E-state index is 5.54. The standard InChI is InChI=1S/C19H27N3O2/c1-13(2)18-21-19(24-22-18)14(3)20-17(11-15-9-10-23-12-15)16-7-5-4-6-8-16/h4-8,13-15,17,20H,9-12H2,1-3H3/t14-,15-,17+/m0/s1. The molecule has 5 nitrogen and oxygen atoms in total. The second kappa shape index (κ2) is 7.90. The minimum Gasteiger partial charge on any atom is -0.381 e. The molecule has 0 aliphatic carbocycles. The van der Waals surface area contributed by atoms with Crippen LogP contribution in [0.25, 0.3) is 0 Å². The van der Waals surface area contributed by atoms with Gasteiger partial charge in [0.1, 0.15) is 0 Å². The minimum absolute atomic E-state index is 0.0116. The Kier molecular flexibility index (Phi) is 5.63. The van der Waals surface area contributed by atoms with Crippen molar-refractivity contribution in [2.45, 2.75) is 51.6 Å². The molecule has 24 heavy (non-hydrogen) atoms. The molecule has 1 aliphatic heterocycles. The molecular weight excluding hydrogens is 302 g/mol. The van der Waals surface area contributed by atoms with Gasteiger partial charge in [0.05, 0.1) is 6.04 Å². The first-order valence-electron chi connectivity index (χ1n) is 8.85. The van der Waals surface area contributed by atoms with Crippen molar-refractivity contribution < 1.29 is 9.26 Å². The quantitative estimate of drug-likeness (QED) is 0.831. The number of rotatable bonds is 7. The van der Waals surface area contributed by atoms with Crippen LogP contribution in [0, 0.1) is 5.92 Å². The highest BCUT2D eigenvalue weighted by Gasteiger charge is 2.25. The maximum Gasteiger partial charge on any atom is 0.243 e. The molecule has 1 aliphatic rings. The SMILES string of the molecule is CC(C)c1noc([C@H](C)N[C@H](C[C@@H]2CCOC2)c2ccccc2)n1. The Bertz CT molecular complexity index is 621. The number of ether oxygens (including phenoxy) is 1. The lowest BCUT2D eigenvalue weighted by Crippen LogP contribution is -2.27. The molecule has 5 heteroatoms. The molecule has 0 unspecified atom stereocenters. The predicted octanol–water partition coefficient (Wildman–Crippen LogP) is 4.01. The lowest BCUT2D eigenvalue weighted by Gasteiger charge is -2.24. The second-order valence-electron chi connectivity index (χ2n) is 6.96. The normalized spacial score (nSPS) is 20.4. The monoisotopic (exact) mass is 329 g/mol. The van der Waals surface area contributed by atoms with E-state index in [2.05, 4.69) is 66.6 Å². The van der Waals surface area contributed by atoms with Crippen LogP contribution in [0.3, 0.4) is 0 Å². The fourth-order valence-electron chi connectivity index (χ4n) is 3.12. The van der Waals surface area contributed by atoms with Gasteiger partial charge in [-0.3, -0.25) is 5.32 Å². The van der Waals surface area contributed by atoms with Gasteiger partial charge in [-0.25, -0.2) is 0 Å². The van der Waals surface area contributed by atoms with Crippen molar-refractivity contribution in [3.05, 3.63) is 47.6 Å². The Morgan fingerprint density at radius 3 is 2.62 bits per heavy atom.